The number of amides is 1. The summed E-state index contributed by atoms with van der Waals surface area (Å²) < 4.78 is 2.72. The maximum atomic E-state index is 12.7. The molecule has 0 spiro atoms. The first-order valence-electron chi connectivity index (χ1n) is 8.32. The van der Waals surface area contributed by atoms with E-state index in [1.165, 1.54) is 11.3 Å². The lowest BCUT2D eigenvalue weighted by Crippen LogP contribution is -2.41. The molecule has 0 bridgehead atoms. The zero-order chi connectivity index (χ0) is 18.7. The molecule has 5 nitrogen and oxygen atoms in total. The number of nitrogens with two attached hydrogens (primary N) is 1. The summed E-state index contributed by atoms with van der Waals surface area (Å²) in [6.07, 6.45) is 2.54. The fourth-order valence-electron chi connectivity index (χ4n) is 2.86. The van der Waals surface area contributed by atoms with Crippen LogP contribution < -0.4 is 11.1 Å². The number of benzene rings is 1. The Balaban J connectivity index is 1.77. The predicted molar refractivity (Wildman–Crippen MR) is 109 cm³/mol. The molecule has 0 aliphatic carbocycles. The highest BCUT2D eigenvalue weighted by Crippen LogP contribution is 2.37. The molecule has 1 amide bonds. The molecule has 0 aliphatic heterocycles. The van der Waals surface area contributed by atoms with Gasteiger partial charge in [0, 0.05) is 24.1 Å². The van der Waals surface area contributed by atoms with Gasteiger partial charge >= 0.3 is 0 Å². The topological polar surface area (TPSA) is 72.9 Å². The SMILES string of the molecule is Cc1cnn(C)c1-c1sc(C(=O)NC(CN)Cc2ccccc2)cc1Br. The first-order chi connectivity index (χ1) is 12.5. The monoisotopic (exact) mass is 432 g/mol. The number of rotatable bonds is 6. The van der Waals surface area contributed by atoms with Gasteiger partial charge in [-0.3, -0.25) is 9.48 Å². The third-order valence-corrected chi connectivity index (χ3v) is 6.22. The summed E-state index contributed by atoms with van der Waals surface area (Å²) in [6.45, 7) is 2.40. The number of thiophene rings is 1. The number of nitrogens with one attached hydrogen (secondary N) is 1. The highest BCUT2D eigenvalue weighted by Gasteiger charge is 2.20. The Labute approximate surface area is 165 Å². The number of halogens is 1. The van der Waals surface area contributed by atoms with Crippen molar-refractivity contribution in [2.24, 2.45) is 12.8 Å². The normalized spacial score (nSPS) is 12.2. The van der Waals surface area contributed by atoms with Crippen molar-refractivity contribution in [3.05, 3.63) is 63.1 Å². The minimum Gasteiger partial charge on any atom is -0.347 e. The van der Waals surface area contributed by atoms with Gasteiger partial charge in [-0.2, -0.15) is 5.10 Å². The van der Waals surface area contributed by atoms with Gasteiger partial charge in [0.1, 0.15) is 0 Å². The van der Waals surface area contributed by atoms with Gasteiger partial charge in [-0.25, -0.2) is 0 Å². The molecule has 2 heterocycles. The van der Waals surface area contributed by atoms with Crippen LogP contribution in [-0.2, 0) is 13.5 Å². The highest BCUT2D eigenvalue weighted by molar-refractivity contribution is 9.10. The molecule has 0 aliphatic rings. The smallest absolute Gasteiger partial charge is 0.261 e. The molecule has 3 rings (SSSR count). The van der Waals surface area contributed by atoms with Crippen molar-refractivity contribution in [3.8, 4) is 10.6 Å². The molecular weight excluding hydrogens is 412 g/mol. The van der Waals surface area contributed by atoms with E-state index in [9.17, 15) is 4.79 Å². The minimum absolute atomic E-state index is 0.104. The molecular formula is C19H21BrN4OS. The Morgan fingerprint density at radius 2 is 2.12 bits per heavy atom. The van der Waals surface area contributed by atoms with Crippen LogP contribution in [0.25, 0.3) is 10.6 Å². The number of hydrogen-bond acceptors (Lipinski definition) is 4. The maximum Gasteiger partial charge on any atom is 0.261 e. The van der Waals surface area contributed by atoms with Gasteiger partial charge in [0.05, 0.1) is 21.6 Å². The second kappa shape index (κ2) is 8.16. The van der Waals surface area contributed by atoms with Gasteiger partial charge in [0.2, 0.25) is 0 Å². The van der Waals surface area contributed by atoms with Crippen LogP contribution >= 0.6 is 27.3 Å². The van der Waals surface area contributed by atoms with E-state index in [0.717, 1.165) is 26.2 Å². The van der Waals surface area contributed by atoms with Crippen molar-refractivity contribution < 1.29 is 4.79 Å². The van der Waals surface area contributed by atoms with Gasteiger partial charge in [-0.05, 0) is 46.5 Å². The first kappa shape index (κ1) is 18.8. The van der Waals surface area contributed by atoms with E-state index in [0.29, 0.717) is 17.8 Å². The predicted octanol–water partition coefficient (Wildman–Crippen LogP) is 3.52. The molecule has 0 radical (unpaired) electrons. The van der Waals surface area contributed by atoms with Crippen molar-refractivity contribution in [2.45, 2.75) is 19.4 Å². The van der Waals surface area contributed by atoms with E-state index >= 15 is 0 Å². The van der Waals surface area contributed by atoms with E-state index in [1.54, 1.807) is 0 Å². The largest absolute Gasteiger partial charge is 0.347 e. The summed E-state index contributed by atoms with van der Waals surface area (Å²) in [4.78, 5) is 14.4. The summed E-state index contributed by atoms with van der Waals surface area (Å²) in [5, 5.41) is 7.33. The van der Waals surface area contributed by atoms with E-state index < -0.39 is 0 Å². The molecule has 26 heavy (non-hydrogen) atoms. The Bertz CT molecular complexity index is 884. The van der Waals surface area contributed by atoms with Crippen LogP contribution in [0.2, 0.25) is 0 Å². The first-order valence-corrected chi connectivity index (χ1v) is 9.93. The van der Waals surface area contributed by atoms with Crippen molar-refractivity contribution in [3.63, 3.8) is 0 Å². The van der Waals surface area contributed by atoms with Crippen molar-refractivity contribution in [1.29, 1.82) is 0 Å². The molecule has 0 saturated carbocycles. The van der Waals surface area contributed by atoms with Crippen LogP contribution in [0, 0.1) is 6.92 Å². The standard InChI is InChI=1S/C19H21BrN4OS/c1-12-11-22-24(2)17(12)18-15(20)9-16(26-18)19(25)23-14(10-21)8-13-6-4-3-5-7-13/h3-7,9,11,14H,8,10,21H2,1-2H3,(H,23,25). The van der Waals surface area contributed by atoms with Crippen LogP contribution in [0.3, 0.4) is 0 Å². The van der Waals surface area contributed by atoms with Crippen molar-refractivity contribution in [1.82, 2.24) is 15.1 Å². The zero-order valence-corrected chi connectivity index (χ0v) is 17.1. The van der Waals surface area contributed by atoms with Gasteiger partial charge in [-0.15, -0.1) is 11.3 Å². The number of nitrogens with zero attached hydrogens (tertiary/aromatic N) is 2. The van der Waals surface area contributed by atoms with Crippen LogP contribution in [0.15, 0.2) is 47.1 Å². The fourth-order valence-corrected chi connectivity index (χ4v) is 4.77. The van der Waals surface area contributed by atoms with E-state index in [-0.39, 0.29) is 11.9 Å². The number of hydrogen-bond donors (Lipinski definition) is 2. The van der Waals surface area contributed by atoms with E-state index in [2.05, 4.69) is 26.3 Å². The molecule has 7 heteroatoms. The maximum absolute atomic E-state index is 12.7. The zero-order valence-electron chi connectivity index (χ0n) is 14.7. The quantitative estimate of drug-likeness (QED) is 0.625. The Morgan fingerprint density at radius 3 is 2.73 bits per heavy atom. The highest BCUT2D eigenvalue weighted by atomic mass is 79.9. The van der Waals surface area contributed by atoms with E-state index in [1.807, 2.05) is 61.2 Å². The number of aryl methyl sites for hydroxylation is 2. The Morgan fingerprint density at radius 1 is 1.38 bits per heavy atom. The Hall–Kier alpha value is -1.96. The summed E-state index contributed by atoms with van der Waals surface area (Å²) in [7, 11) is 1.90. The van der Waals surface area contributed by atoms with Gasteiger partial charge in [-0.1, -0.05) is 30.3 Å². The molecule has 136 valence electrons. The van der Waals surface area contributed by atoms with Crippen molar-refractivity contribution in [2.75, 3.05) is 6.54 Å². The van der Waals surface area contributed by atoms with Crippen LogP contribution in [0.4, 0.5) is 0 Å². The lowest BCUT2D eigenvalue weighted by Gasteiger charge is -2.16. The molecule has 1 unspecified atom stereocenters. The molecule has 3 N–H and O–H groups in total. The molecule has 0 saturated heterocycles. The molecule has 1 aromatic carbocycles. The molecule has 2 aromatic heterocycles. The van der Waals surface area contributed by atoms with Crippen LogP contribution in [0.5, 0.6) is 0 Å². The van der Waals surface area contributed by atoms with Crippen LogP contribution in [0.1, 0.15) is 20.8 Å². The van der Waals surface area contributed by atoms with Gasteiger partial charge < -0.3 is 11.1 Å². The average Bonchev–Trinajstić information content (AvgIpc) is 3.17. The number of carbonyl (C=O) groups is 1. The molecule has 0 fully saturated rings. The third-order valence-electron chi connectivity index (χ3n) is 4.19. The average molecular weight is 433 g/mol. The van der Waals surface area contributed by atoms with Crippen molar-refractivity contribution >= 4 is 33.2 Å². The second-order valence-electron chi connectivity index (χ2n) is 6.18. The van der Waals surface area contributed by atoms with Gasteiger partial charge in [0.15, 0.2) is 0 Å². The third kappa shape index (κ3) is 4.06. The summed E-state index contributed by atoms with van der Waals surface area (Å²) >= 11 is 5.03. The summed E-state index contributed by atoms with van der Waals surface area (Å²) in [5.74, 6) is -0.104. The number of aromatic nitrogens is 2. The lowest BCUT2D eigenvalue weighted by atomic mass is 10.1. The fraction of sp³-hybridized carbons (Fsp3) is 0.263. The summed E-state index contributed by atoms with van der Waals surface area (Å²) in [5.41, 5.74) is 9.11. The van der Waals surface area contributed by atoms with Crippen LogP contribution in [-0.4, -0.2) is 28.3 Å². The number of carbonyl (C=O) groups excluding carboxylic acids is 1. The minimum atomic E-state index is -0.104. The molecule has 3 aromatic rings. The van der Waals surface area contributed by atoms with Gasteiger partial charge in [0.25, 0.3) is 5.91 Å². The second-order valence-corrected chi connectivity index (χ2v) is 8.09. The summed E-state index contributed by atoms with van der Waals surface area (Å²) in [6, 6.07) is 11.8. The van der Waals surface area contributed by atoms with E-state index in [4.69, 9.17) is 5.73 Å². The Kier molecular flexibility index (Phi) is 5.90. The lowest BCUT2D eigenvalue weighted by molar-refractivity contribution is 0.0942. The molecule has 1 atom stereocenters.